The van der Waals surface area contributed by atoms with E-state index in [2.05, 4.69) is 11.9 Å². The smallest absolute Gasteiger partial charge is 0.415 e. The lowest BCUT2D eigenvalue weighted by Crippen LogP contribution is -2.39. The van der Waals surface area contributed by atoms with Gasteiger partial charge in [-0.1, -0.05) is 71.1 Å². The van der Waals surface area contributed by atoms with Crippen LogP contribution in [0, 0.1) is 0 Å². The number of carbonyl (C=O) groups is 2. The molecule has 0 unspecified atom stereocenters. The summed E-state index contributed by atoms with van der Waals surface area (Å²) in [6, 6.07) is 0. The van der Waals surface area contributed by atoms with Crippen molar-refractivity contribution >= 4 is 17.9 Å². The van der Waals surface area contributed by atoms with Crippen molar-refractivity contribution in [2.45, 2.75) is 77.6 Å². The van der Waals surface area contributed by atoms with E-state index in [4.69, 9.17) is 9.84 Å². The third-order valence-corrected chi connectivity index (χ3v) is 4.23. The van der Waals surface area contributed by atoms with E-state index >= 15 is 0 Å². The van der Waals surface area contributed by atoms with Crippen molar-refractivity contribution in [2.24, 2.45) is 4.99 Å². The van der Waals surface area contributed by atoms with Gasteiger partial charge < -0.3 is 9.84 Å². The largest absolute Gasteiger partial charge is 0.475 e. The Balaban J connectivity index is 1.92. The molecule has 24 heavy (non-hydrogen) atoms. The molecule has 1 heterocycles. The predicted molar refractivity (Wildman–Crippen MR) is 94.5 cm³/mol. The van der Waals surface area contributed by atoms with E-state index in [-0.39, 0.29) is 5.84 Å². The molecule has 0 saturated carbocycles. The van der Waals surface area contributed by atoms with Crippen LogP contribution in [0.2, 0.25) is 0 Å². The van der Waals surface area contributed by atoms with E-state index in [0.29, 0.717) is 19.7 Å². The fraction of sp³-hybridized carbons (Fsp3) is 0.833. The molecule has 1 aliphatic rings. The summed E-state index contributed by atoms with van der Waals surface area (Å²) >= 11 is 0. The molecule has 0 fully saturated rings. The van der Waals surface area contributed by atoms with Crippen LogP contribution in [-0.4, -0.2) is 47.6 Å². The molecule has 1 amide bonds. The Morgan fingerprint density at radius 3 is 2.08 bits per heavy atom. The van der Waals surface area contributed by atoms with Gasteiger partial charge in [0, 0.05) is 0 Å². The number of carbonyl (C=O) groups excluding carboxylic acids is 1. The number of unbranched alkanes of at least 4 members (excludes halogenated alkanes) is 10. The van der Waals surface area contributed by atoms with Gasteiger partial charge in [-0.05, 0) is 6.42 Å². The molecule has 0 aromatic rings. The lowest BCUT2D eigenvalue weighted by atomic mass is 10.1. The molecule has 0 atom stereocenters. The zero-order valence-electron chi connectivity index (χ0n) is 15.0. The molecule has 0 bridgehead atoms. The van der Waals surface area contributed by atoms with Gasteiger partial charge in [-0.25, -0.2) is 9.59 Å². The molecule has 0 aliphatic carbocycles. The van der Waals surface area contributed by atoms with Gasteiger partial charge >= 0.3 is 12.1 Å². The van der Waals surface area contributed by atoms with Gasteiger partial charge in [-0.2, -0.15) is 0 Å². The number of amidine groups is 1. The quantitative estimate of drug-likeness (QED) is 0.509. The standard InChI is InChI=1S/C18H32N2O4/c1-2-3-4-5-6-7-8-9-10-11-12-15-24-18(23)20-14-13-19-16(20)17(21)22/h2-15H2,1H3,(H,21,22). The van der Waals surface area contributed by atoms with Crippen molar-refractivity contribution in [2.75, 3.05) is 19.7 Å². The molecule has 6 heteroatoms. The molecule has 0 aromatic carbocycles. The zero-order valence-corrected chi connectivity index (χ0v) is 15.0. The first-order valence-corrected chi connectivity index (χ1v) is 9.39. The summed E-state index contributed by atoms with van der Waals surface area (Å²) in [5.74, 6) is -1.39. The highest BCUT2D eigenvalue weighted by atomic mass is 16.6. The Kier molecular flexibility index (Phi) is 10.9. The Morgan fingerprint density at radius 2 is 1.54 bits per heavy atom. The van der Waals surface area contributed by atoms with Crippen LogP contribution in [0.25, 0.3) is 0 Å². The van der Waals surface area contributed by atoms with Gasteiger partial charge in [-0.15, -0.1) is 0 Å². The Bertz CT molecular complexity index is 410. The topological polar surface area (TPSA) is 79.2 Å². The van der Waals surface area contributed by atoms with Crippen molar-refractivity contribution < 1.29 is 19.4 Å². The normalized spacial score (nSPS) is 13.9. The summed E-state index contributed by atoms with van der Waals surface area (Å²) in [7, 11) is 0. The molecule has 1 N–H and O–H groups in total. The Morgan fingerprint density at radius 1 is 1.00 bits per heavy atom. The van der Waals surface area contributed by atoms with Crippen LogP contribution in [-0.2, 0) is 9.53 Å². The van der Waals surface area contributed by atoms with Crippen LogP contribution in [0.5, 0.6) is 0 Å². The number of carboxylic acids is 1. The van der Waals surface area contributed by atoms with Gasteiger partial charge in [0.15, 0.2) is 0 Å². The summed E-state index contributed by atoms with van der Waals surface area (Å²) in [6.45, 7) is 3.20. The first-order valence-electron chi connectivity index (χ1n) is 9.39. The van der Waals surface area contributed by atoms with Crippen LogP contribution >= 0.6 is 0 Å². The first kappa shape index (κ1) is 20.5. The third kappa shape index (κ3) is 8.31. The highest BCUT2D eigenvalue weighted by Crippen LogP contribution is 2.11. The van der Waals surface area contributed by atoms with Crippen LogP contribution in [0.4, 0.5) is 4.79 Å². The van der Waals surface area contributed by atoms with Crippen LogP contribution < -0.4 is 0 Å². The highest BCUT2D eigenvalue weighted by molar-refractivity contribution is 6.37. The number of carboxylic acid groups (broad SMARTS) is 1. The van der Waals surface area contributed by atoms with Crippen molar-refractivity contribution in [3.8, 4) is 0 Å². The minimum Gasteiger partial charge on any atom is -0.475 e. The number of rotatable bonds is 13. The minimum atomic E-state index is -1.18. The summed E-state index contributed by atoms with van der Waals surface area (Å²) in [5, 5.41) is 8.93. The van der Waals surface area contributed by atoms with Crippen molar-refractivity contribution in [1.29, 1.82) is 0 Å². The second-order valence-electron chi connectivity index (χ2n) is 6.31. The second kappa shape index (κ2) is 12.8. The molecular weight excluding hydrogens is 308 g/mol. The van der Waals surface area contributed by atoms with E-state index in [0.717, 1.165) is 24.2 Å². The zero-order chi connectivity index (χ0) is 17.6. The fourth-order valence-electron chi connectivity index (χ4n) is 2.81. The highest BCUT2D eigenvalue weighted by Gasteiger charge is 2.29. The van der Waals surface area contributed by atoms with Gasteiger partial charge in [0.2, 0.25) is 5.84 Å². The number of amides is 1. The van der Waals surface area contributed by atoms with Gasteiger partial charge in [0.25, 0.3) is 0 Å². The van der Waals surface area contributed by atoms with E-state index in [1.54, 1.807) is 0 Å². The van der Waals surface area contributed by atoms with E-state index in [1.807, 2.05) is 0 Å². The maximum absolute atomic E-state index is 11.8. The summed E-state index contributed by atoms with van der Waals surface area (Å²) in [4.78, 5) is 27.6. The minimum absolute atomic E-state index is 0.209. The average Bonchev–Trinajstić information content (AvgIpc) is 3.05. The first-order chi connectivity index (χ1) is 11.7. The van der Waals surface area contributed by atoms with Crippen molar-refractivity contribution in [1.82, 2.24) is 4.90 Å². The molecule has 1 aliphatic heterocycles. The summed E-state index contributed by atoms with van der Waals surface area (Å²) in [6.07, 6.45) is 13.0. The molecule has 0 radical (unpaired) electrons. The predicted octanol–water partition coefficient (Wildman–Crippen LogP) is 4.23. The maximum atomic E-state index is 11.8. The number of aliphatic carboxylic acids is 1. The number of ether oxygens (including phenoxy) is 1. The van der Waals surface area contributed by atoms with Crippen LogP contribution in [0.1, 0.15) is 77.6 Å². The Hall–Kier alpha value is -1.59. The monoisotopic (exact) mass is 340 g/mol. The van der Waals surface area contributed by atoms with Crippen LogP contribution in [0.3, 0.4) is 0 Å². The van der Waals surface area contributed by atoms with Gasteiger partial charge in [0.1, 0.15) is 0 Å². The molecule has 0 aromatic heterocycles. The molecule has 0 saturated heterocycles. The number of aliphatic imine (C=N–C) groups is 1. The van der Waals surface area contributed by atoms with E-state index in [9.17, 15) is 9.59 Å². The Labute approximate surface area is 145 Å². The molecule has 138 valence electrons. The lowest BCUT2D eigenvalue weighted by molar-refractivity contribution is -0.130. The lowest BCUT2D eigenvalue weighted by Gasteiger charge is -2.15. The number of hydrogen-bond acceptors (Lipinski definition) is 4. The van der Waals surface area contributed by atoms with E-state index < -0.39 is 12.1 Å². The molecular formula is C18H32N2O4. The summed E-state index contributed by atoms with van der Waals surface area (Å²) in [5.41, 5.74) is 0. The van der Waals surface area contributed by atoms with Crippen LogP contribution in [0.15, 0.2) is 4.99 Å². The number of hydrogen-bond donors (Lipinski definition) is 1. The van der Waals surface area contributed by atoms with Gasteiger partial charge in [0.05, 0.1) is 19.7 Å². The third-order valence-electron chi connectivity index (χ3n) is 4.23. The average molecular weight is 340 g/mol. The summed E-state index contributed by atoms with van der Waals surface area (Å²) < 4.78 is 5.13. The molecule has 0 spiro atoms. The van der Waals surface area contributed by atoms with Crippen molar-refractivity contribution in [3.63, 3.8) is 0 Å². The fourth-order valence-corrected chi connectivity index (χ4v) is 2.81. The molecule has 1 rings (SSSR count). The molecule has 6 nitrogen and oxygen atoms in total. The SMILES string of the molecule is CCCCCCCCCCCCCOC(=O)N1CCN=C1C(=O)O. The van der Waals surface area contributed by atoms with E-state index in [1.165, 1.54) is 51.4 Å². The second-order valence-corrected chi connectivity index (χ2v) is 6.31. The van der Waals surface area contributed by atoms with Gasteiger partial charge in [-0.3, -0.25) is 9.89 Å². The van der Waals surface area contributed by atoms with Crippen molar-refractivity contribution in [3.05, 3.63) is 0 Å². The maximum Gasteiger partial charge on any atom is 0.415 e. The number of nitrogens with zero attached hydrogens (tertiary/aromatic N) is 2.